The van der Waals surface area contributed by atoms with Crippen LogP contribution in [0.2, 0.25) is 0 Å². The number of pyridine rings is 1. The predicted octanol–water partition coefficient (Wildman–Crippen LogP) is 4.27. The fraction of sp³-hybridized carbons (Fsp3) is 0.333. The summed E-state index contributed by atoms with van der Waals surface area (Å²) in [6.45, 7) is 3.61. The zero-order valence-corrected chi connectivity index (χ0v) is 19.5. The van der Waals surface area contributed by atoms with Crippen LogP contribution < -0.4 is 10.6 Å². The molecule has 5 rings (SSSR count). The highest BCUT2D eigenvalue weighted by atomic mass is 32.1. The lowest BCUT2D eigenvalue weighted by Crippen LogP contribution is -2.43. The molecule has 2 fully saturated rings. The van der Waals surface area contributed by atoms with Crippen LogP contribution in [0.4, 0.5) is 20.4 Å². The van der Waals surface area contributed by atoms with Crippen LogP contribution in [0.1, 0.15) is 18.5 Å². The molecule has 4 heterocycles. The number of nitrogens with one attached hydrogen (secondary N) is 2. The fourth-order valence-corrected chi connectivity index (χ4v) is 4.90. The van der Waals surface area contributed by atoms with Crippen LogP contribution in [0.25, 0.3) is 16.3 Å². The molecule has 0 saturated carbocycles. The number of nitrogens with zero attached hydrogens (tertiary/aromatic N) is 4. The molecule has 0 bridgehead atoms. The van der Waals surface area contributed by atoms with E-state index in [4.69, 9.17) is 4.74 Å². The van der Waals surface area contributed by atoms with E-state index in [9.17, 15) is 9.59 Å². The molecule has 34 heavy (non-hydrogen) atoms. The summed E-state index contributed by atoms with van der Waals surface area (Å²) in [6.07, 6.45) is 5.55. The van der Waals surface area contributed by atoms with E-state index in [-0.39, 0.29) is 12.1 Å². The highest BCUT2D eigenvalue weighted by Crippen LogP contribution is 2.29. The van der Waals surface area contributed by atoms with Crippen LogP contribution in [0.5, 0.6) is 0 Å². The third-order valence-electron chi connectivity index (χ3n) is 5.88. The average Bonchev–Trinajstić information content (AvgIpc) is 3.27. The molecule has 2 aromatic heterocycles. The van der Waals surface area contributed by atoms with E-state index >= 15 is 0 Å². The Morgan fingerprint density at radius 2 is 1.74 bits per heavy atom. The molecule has 0 atom stereocenters. The van der Waals surface area contributed by atoms with Gasteiger partial charge in [0.25, 0.3) is 0 Å². The van der Waals surface area contributed by atoms with Crippen molar-refractivity contribution in [2.45, 2.75) is 12.8 Å². The summed E-state index contributed by atoms with van der Waals surface area (Å²) in [4.78, 5) is 37.6. The van der Waals surface area contributed by atoms with Crippen LogP contribution in [0, 0.1) is 0 Å². The van der Waals surface area contributed by atoms with Crippen molar-refractivity contribution < 1.29 is 14.3 Å². The lowest BCUT2D eigenvalue weighted by molar-refractivity contribution is 0.0564. The number of fused-ring (bicyclic) bond motifs is 1. The van der Waals surface area contributed by atoms with Crippen molar-refractivity contribution in [2.75, 3.05) is 50.0 Å². The first-order valence-corrected chi connectivity index (χ1v) is 12.2. The molecule has 0 radical (unpaired) electrons. The van der Waals surface area contributed by atoms with Gasteiger partial charge in [0.15, 0.2) is 5.13 Å². The van der Waals surface area contributed by atoms with Gasteiger partial charge < -0.3 is 19.9 Å². The summed E-state index contributed by atoms with van der Waals surface area (Å²) in [7, 11) is 0. The Bertz CT molecular complexity index is 1200. The van der Waals surface area contributed by atoms with Crippen molar-refractivity contribution in [3.63, 3.8) is 0 Å². The summed E-state index contributed by atoms with van der Waals surface area (Å²) in [5.41, 5.74) is 3.73. The first-order valence-electron chi connectivity index (χ1n) is 11.3. The van der Waals surface area contributed by atoms with Gasteiger partial charge >= 0.3 is 12.1 Å². The van der Waals surface area contributed by atoms with E-state index in [0.29, 0.717) is 50.2 Å². The van der Waals surface area contributed by atoms with E-state index < -0.39 is 0 Å². The van der Waals surface area contributed by atoms with Gasteiger partial charge in [0.2, 0.25) is 0 Å². The van der Waals surface area contributed by atoms with E-state index in [0.717, 1.165) is 28.8 Å². The Labute approximate surface area is 201 Å². The smallest absolute Gasteiger partial charge is 0.323 e. The second kappa shape index (κ2) is 10.2. The third-order valence-corrected chi connectivity index (χ3v) is 6.82. The van der Waals surface area contributed by atoms with E-state index in [1.165, 1.54) is 16.9 Å². The van der Waals surface area contributed by atoms with Crippen LogP contribution >= 0.6 is 11.3 Å². The predicted molar refractivity (Wildman–Crippen MR) is 133 cm³/mol. The van der Waals surface area contributed by atoms with Crippen molar-refractivity contribution >= 4 is 50.5 Å². The number of anilines is 2. The van der Waals surface area contributed by atoms with Crippen LogP contribution in [0.15, 0.2) is 48.2 Å². The number of rotatable bonds is 3. The highest BCUT2D eigenvalue weighted by Gasteiger charge is 2.21. The standard InChI is InChI=1S/C24H26N6O3S/c31-23(30-11-13-33-14-12-30)26-19-4-5-20-21(16-19)34-22(27-20)28-24(32)29-9-6-17(7-10-29)15-18-3-1-2-8-25-18/h1-5,8,15-16H,6-7,9-14H2,(H,26,31)(H,27,28,32). The summed E-state index contributed by atoms with van der Waals surface area (Å²) >= 11 is 1.39. The number of aromatic nitrogens is 2. The number of benzene rings is 1. The van der Waals surface area contributed by atoms with Crippen molar-refractivity contribution in [1.29, 1.82) is 0 Å². The summed E-state index contributed by atoms with van der Waals surface area (Å²) < 4.78 is 6.19. The molecule has 2 saturated heterocycles. The second-order valence-electron chi connectivity index (χ2n) is 8.21. The largest absolute Gasteiger partial charge is 0.378 e. The minimum absolute atomic E-state index is 0.137. The Kier molecular flexibility index (Phi) is 6.68. The molecule has 1 aromatic carbocycles. The van der Waals surface area contributed by atoms with E-state index in [1.807, 2.05) is 41.3 Å². The molecule has 2 aliphatic rings. The Hall–Kier alpha value is -3.50. The topological polar surface area (TPSA) is 99.7 Å². The van der Waals surface area contributed by atoms with Crippen molar-refractivity contribution in [1.82, 2.24) is 19.8 Å². The maximum atomic E-state index is 12.8. The molecule has 0 unspecified atom stereocenters. The molecular weight excluding hydrogens is 452 g/mol. The average molecular weight is 479 g/mol. The number of hydrogen-bond acceptors (Lipinski definition) is 6. The number of thiazole rings is 1. The maximum absolute atomic E-state index is 12.8. The second-order valence-corrected chi connectivity index (χ2v) is 9.24. The maximum Gasteiger partial charge on any atom is 0.323 e. The Balaban J connectivity index is 1.17. The number of piperidine rings is 1. The number of carbonyl (C=O) groups excluding carboxylic acids is 2. The highest BCUT2D eigenvalue weighted by molar-refractivity contribution is 7.22. The Morgan fingerprint density at radius 3 is 2.50 bits per heavy atom. The minimum atomic E-state index is -0.142. The van der Waals surface area contributed by atoms with Gasteiger partial charge in [-0.3, -0.25) is 10.3 Å². The molecule has 3 aromatic rings. The third kappa shape index (κ3) is 5.35. The van der Waals surface area contributed by atoms with Gasteiger partial charge in [-0.15, -0.1) is 0 Å². The van der Waals surface area contributed by atoms with Gasteiger partial charge in [-0.25, -0.2) is 14.6 Å². The van der Waals surface area contributed by atoms with Crippen LogP contribution in [-0.4, -0.2) is 71.2 Å². The fourth-order valence-electron chi connectivity index (χ4n) is 4.01. The molecule has 9 nitrogen and oxygen atoms in total. The molecule has 0 spiro atoms. The molecule has 176 valence electrons. The zero-order valence-electron chi connectivity index (χ0n) is 18.7. The van der Waals surface area contributed by atoms with Gasteiger partial charge in [0.05, 0.1) is 29.1 Å². The number of ether oxygens (including phenoxy) is 1. The molecule has 0 aliphatic carbocycles. The quantitative estimate of drug-likeness (QED) is 0.586. The van der Waals surface area contributed by atoms with Crippen molar-refractivity contribution in [3.05, 3.63) is 53.9 Å². The normalized spacial score (nSPS) is 16.4. The van der Waals surface area contributed by atoms with Gasteiger partial charge in [-0.1, -0.05) is 23.0 Å². The minimum Gasteiger partial charge on any atom is -0.378 e. The van der Waals surface area contributed by atoms with Gasteiger partial charge in [-0.2, -0.15) is 0 Å². The number of carbonyl (C=O) groups is 2. The monoisotopic (exact) mass is 478 g/mol. The van der Waals surface area contributed by atoms with E-state index in [1.54, 1.807) is 11.1 Å². The number of hydrogen-bond donors (Lipinski definition) is 2. The van der Waals surface area contributed by atoms with Gasteiger partial charge in [-0.05, 0) is 49.2 Å². The van der Waals surface area contributed by atoms with Gasteiger partial charge in [0, 0.05) is 38.1 Å². The lowest BCUT2D eigenvalue weighted by atomic mass is 10.0. The first-order chi connectivity index (χ1) is 16.6. The molecule has 10 heteroatoms. The molecular formula is C24H26N6O3S. The zero-order chi connectivity index (χ0) is 23.3. The van der Waals surface area contributed by atoms with E-state index in [2.05, 4.69) is 26.7 Å². The molecule has 2 N–H and O–H groups in total. The van der Waals surface area contributed by atoms with Crippen molar-refractivity contribution in [2.24, 2.45) is 0 Å². The summed E-state index contributed by atoms with van der Waals surface area (Å²) in [5.74, 6) is 0. The summed E-state index contributed by atoms with van der Waals surface area (Å²) in [5, 5.41) is 6.41. The van der Waals surface area contributed by atoms with Crippen LogP contribution in [-0.2, 0) is 4.74 Å². The molecule has 2 aliphatic heterocycles. The van der Waals surface area contributed by atoms with Gasteiger partial charge in [0.1, 0.15) is 0 Å². The number of morpholine rings is 1. The van der Waals surface area contributed by atoms with Crippen LogP contribution in [0.3, 0.4) is 0 Å². The SMILES string of the molecule is O=C(Nc1ccc2nc(NC(=O)N3CCC(=Cc4ccccn4)CC3)sc2c1)N1CCOCC1. The summed E-state index contributed by atoms with van der Waals surface area (Å²) in [6, 6.07) is 11.1. The first kappa shape index (κ1) is 22.3. The number of likely N-dealkylation sites (tertiary alicyclic amines) is 1. The number of amides is 4. The number of urea groups is 2. The lowest BCUT2D eigenvalue weighted by Gasteiger charge is -2.28. The van der Waals surface area contributed by atoms with Crippen molar-refractivity contribution in [3.8, 4) is 0 Å². The Morgan fingerprint density at radius 1 is 0.971 bits per heavy atom. The molecule has 4 amide bonds.